The smallest absolute Gasteiger partial charge is 0.475 e. The Morgan fingerprint density at radius 3 is 2.48 bits per heavy atom. The average molecular weight is 409 g/mol. The maximum absolute atomic E-state index is 11.7. The highest BCUT2D eigenvalue weighted by Crippen LogP contribution is 2.27. The molecule has 3 rings (SSSR count). The molecule has 1 aliphatic heterocycles. The van der Waals surface area contributed by atoms with Crippen molar-refractivity contribution in [3.05, 3.63) is 36.2 Å². The summed E-state index contributed by atoms with van der Waals surface area (Å²) in [7, 11) is -3.20. The van der Waals surface area contributed by atoms with E-state index in [1.807, 2.05) is 23.9 Å². The van der Waals surface area contributed by atoms with E-state index in [4.69, 9.17) is 9.90 Å². The second-order valence-corrected chi connectivity index (χ2v) is 7.75. The van der Waals surface area contributed by atoms with Crippen LogP contribution < -0.4 is 0 Å². The van der Waals surface area contributed by atoms with E-state index in [0.717, 1.165) is 11.5 Å². The third-order valence-electron chi connectivity index (χ3n) is 3.87. The molecule has 2 aromatic heterocycles. The number of carboxylic acids is 1. The molecule has 1 unspecified atom stereocenters. The molecule has 0 saturated heterocycles. The van der Waals surface area contributed by atoms with Crippen molar-refractivity contribution in [2.45, 2.75) is 32.2 Å². The number of rotatable bonds is 3. The largest absolute Gasteiger partial charge is 0.490 e. The van der Waals surface area contributed by atoms with E-state index in [1.165, 1.54) is 10.6 Å². The monoisotopic (exact) mass is 409 g/mol. The maximum atomic E-state index is 11.7. The van der Waals surface area contributed by atoms with Crippen LogP contribution >= 0.6 is 0 Å². The summed E-state index contributed by atoms with van der Waals surface area (Å²) in [6.07, 6.45) is 1.60. The molecule has 0 aromatic carbocycles. The Balaban J connectivity index is 0.000000321. The number of fused-ring (bicyclic) bond motifs is 1. The van der Waals surface area contributed by atoms with Gasteiger partial charge in [-0.2, -0.15) is 22.6 Å². The molecular weight excluding hydrogens is 391 g/mol. The molecule has 150 valence electrons. The van der Waals surface area contributed by atoms with Gasteiger partial charge in [0.25, 0.3) is 0 Å². The Labute approximate surface area is 153 Å². The first-order valence-electron chi connectivity index (χ1n) is 7.70. The molecule has 1 aliphatic rings. The Morgan fingerprint density at radius 2 is 2.00 bits per heavy atom. The summed E-state index contributed by atoms with van der Waals surface area (Å²) in [5, 5.41) is 11.3. The van der Waals surface area contributed by atoms with Crippen LogP contribution in [-0.4, -0.2) is 62.1 Å². The molecule has 0 radical (unpaired) electrons. The van der Waals surface area contributed by atoms with Crippen molar-refractivity contribution in [2.75, 3.05) is 12.8 Å². The summed E-state index contributed by atoms with van der Waals surface area (Å²) in [6, 6.07) is 1.65. The van der Waals surface area contributed by atoms with Gasteiger partial charge >= 0.3 is 12.1 Å². The molecule has 27 heavy (non-hydrogen) atoms. The van der Waals surface area contributed by atoms with Crippen LogP contribution in [0.2, 0.25) is 0 Å². The Bertz CT molecular complexity index is 892. The third-order valence-corrected chi connectivity index (χ3v) is 5.22. The number of imidazole rings is 1. The van der Waals surface area contributed by atoms with E-state index in [2.05, 4.69) is 14.6 Å². The van der Waals surface area contributed by atoms with E-state index >= 15 is 0 Å². The molecule has 9 nitrogen and oxygen atoms in total. The van der Waals surface area contributed by atoms with E-state index in [9.17, 15) is 21.6 Å². The molecule has 1 atom stereocenters. The van der Waals surface area contributed by atoms with Gasteiger partial charge in [0.15, 0.2) is 0 Å². The van der Waals surface area contributed by atoms with Gasteiger partial charge < -0.3 is 9.67 Å². The topological polar surface area (TPSA) is 110 Å². The van der Waals surface area contributed by atoms with Crippen molar-refractivity contribution in [2.24, 2.45) is 0 Å². The highest BCUT2D eigenvalue weighted by molar-refractivity contribution is 7.88. The Morgan fingerprint density at radius 1 is 1.37 bits per heavy atom. The molecule has 1 N–H and O–H groups in total. The van der Waals surface area contributed by atoms with E-state index in [-0.39, 0.29) is 6.04 Å². The molecule has 13 heteroatoms. The summed E-state index contributed by atoms with van der Waals surface area (Å²) >= 11 is 0. The standard InChI is InChI=1S/C12H17N5O2S.C2HF3O2/c1-10-12-13-8-11(9-15-5-3-4-14-15)16(12)6-7-17(10)20(2,18)19;3-2(4,5)1(6)7/h3-5,8,10H,6-7,9H2,1-2H3;(H,6,7). The van der Waals surface area contributed by atoms with Gasteiger partial charge in [-0.05, 0) is 13.0 Å². The van der Waals surface area contributed by atoms with E-state index < -0.39 is 22.2 Å². The van der Waals surface area contributed by atoms with Crippen LogP contribution in [0.5, 0.6) is 0 Å². The number of carboxylic acid groups (broad SMARTS) is 1. The number of sulfonamides is 1. The number of halogens is 3. The first-order valence-corrected chi connectivity index (χ1v) is 9.54. The van der Waals surface area contributed by atoms with Crippen molar-refractivity contribution in [3.63, 3.8) is 0 Å². The minimum atomic E-state index is -5.08. The van der Waals surface area contributed by atoms with Gasteiger partial charge in [0, 0.05) is 25.5 Å². The summed E-state index contributed by atoms with van der Waals surface area (Å²) in [5.74, 6) is -1.96. The number of alkyl halides is 3. The third kappa shape index (κ3) is 5.07. The first kappa shape index (κ1) is 20.9. The molecule has 3 heterocycles. The lowest BCUT2D eigenvalue weighted by atomic mass is 10.2. The second kappa shape index (κ2) is 7.68. The fraction of sp³-hybridized carbons (Fsp3) is 0.500. The fourth-order valence-electron chi connectivity index (χ4n) is 2.68. The normalized spacial score (nSPS) is 17.7. The van der Waals surface area contributed by atoms with Crippen LogP contribution in [0.1, 0.15) is 24.5 Å². The number of aromatic nitrogens is 4. The molecular formula is C14H18F3N5O4S. The highest BCUT2D eigenvalue weighted by atomic mass is 32.2. The predicted molar refractivity (Wildman–Crippen MR) is 87.2 cm³/mol. The lowest BCUT2D eigenvalue weighted by Gasteiger charge is -2.32. The zero-order valence-corrected chi connectivity index (χ0v) is 15.3. The lowest BCUT2D eigenvalue weighted by molar-refractivity contribution is -0.192. The second-order valence-electron chi connectivity index (χ2n) is 5.82. The molecule has 2 aromatic rings. The molecule has 0 fully saturated rings. The van der Waals surface area contributed by atoms with Crippen LogP contribution in [0.4, 0.5) is 13.2 Å². The number of aliphatic carboxylic acids is 1. The van der Waals surface area contributed by atoms with Gasteiger partial charge in [-0.15, -0.1) is 0 Å². The van der Waals surface area contributed by atoms with Crippen LogP contribution in [0.15, 0.2) is 24.7 Å². The van der Waals surface area contributed by atoms with Crippen molar-refractivity contribution in [1.29, 1.82) is 0 Å². The number of carbonyl (C=O) groups is 1. The van der Waals surface area contributed by atoms with Crippen molar-refractivity contribution < 1.29 is 31.5 Å². The molecule has 0 amide bonds. The van der Waals surface area contributed by atoms with Crippen LogP contribution in [0.3, 0.4) is 0 Å². The number of nitrogens with zero attached hydrogens (tertiary/aromatic N) is 5. The van der Waals surface area contributed by atoms with Crippen LogP contribution in [0, 0.1) is 0 Å². The summed E-state index contributed by atoms with van der Waals surface area (Å²) in [5.41, 5.74) is 1.05. The fourth-order valence-corrected chi connectivity index (χ4v) is 3.76. The van der Waals surface area contributed by atoms with Gasteiger partial charge in [0.2, 0.25) is 10.0 Å². The number of hydrogen-bond acceptors (Lipinski definition) is 5. The first-order chi connectivity index (χ1) is 12.4. The van der Waals surface area contributed by atoms with Gasteiger partial charge in [0.1, 0.15) is 5.82 Å². The van der Waals surface area contributed by atoms with E-state index in [1.54, 1.807) is 12.4 Å². The lowest BCUT2D eigenvalue weighted by Crippen LogP contribution is -2.41. The van der Waals surface area contributed by atoms with Gasteiger partial charge in [-0.25, -0.2) is 18.2 Å². The highest BCUT2D eigenvalue weighted by Gasteiger charge is 2.38. The molecule has 0 saturated carbocycles. The molecule has 0 bridgehead atoms. The Hall–Kier alpha value is -2.41. The molecule has 0 spiro atoms. The van der Waals surface area contributed by atoms with Crippen LogP contribution in [0.25, 0.3) is 0 Å². The quantitative estimate of drug-likeness (QED) is 0.813. The van der Waals surface area contributed by atoms with Crippen molar-refractivity contribution in [1.82, 2.24) is 23.6 Å². The van der Waals surface area contributed by atoms with Gasteiger partial charge in [0.05, 0.1) is 30.7 Å². The summed E-state index contributed by atoms with van der Waals surface area (Å²) in [4.78, 5) is 13.3. The van der Waals surface area contributed by atoms with Crippen molar-refractivity contribution >= 4 is 16.0 Å². The minimum absolute atomic E-state index is 0.231. The Kier molecular flexibility index (Phi) is 5.94. The van der Waals surface area contributed by atoms with Crippen LogP contribution in [-0.2, 0) is 27.9 Å². The predicted octanol–water partition coefficient (Wildman–Crippen LogP) is 1.10. The maximum Gasteiger partial charge on any atom is 0.490 e. The minimum Gasteiger partial charge on any atom is -0.475 e. The average Bonchev–Trinajstić information content (AvgIpc) is 3.17. The zero-order valence-electron chi connectivity index (χ0n) is 14.5. The van der Waals surface area contributed by atoms with E-state index in [0.29, 0.717) is 19.6 Å². The summed E-state index contributed by atoms with van der Waals surface area (Å²) < 4.78 is 60.6. The number of hydrogen-bond donors (Lipinski definition) is 1. The van der Waals surface area contributed by atoms with Gasteiger partial charge in [-0.1, -0.05) is 0 Å². The molecule has 0 aliphatic carbocycles. The zero-order chi connectivity index (χ0) is 20.4. The van der Waals surface area contributed by atoms with Gasteiger partial charge in [-0.3, -0.25) is 4.68 Å². The summed E-state index contributed by atoms with van der Waals surface area (Å²) in [6.45, 7) is 3.63. The SMILES string of the molecule is CC1c2ncc(Cn3cccn3)n2CCN1S(C)(=O)=O.O=C(O)C(F)(F)F. The van der Waals surface area contributed by atoms with Crippen molar-refractivity contribution in [3.8, 4) is 0 Å².